The summed E-state index contributed by atoms with van der Waals surface area (Å²) in [6.07, 6.45) is 2.48. The fraction of sp³-hybridized carbons (Fsp3) is 0. The number of aromatic nitrogens is 2. The van der Waals surface area contributed by atoms with Crippen molar-refractivity contribution in [3.05, 3.63) is 34.6 Å². The Morgan fingerprint density at radius 1 is 1.53 bits per heavy atom. The average molecular weight is 267 g/mol. The SMILES string of the molecule is O=C(O)/C=C/c1nc2ccc(Br)cc2[nH]1. The lowest BCUT2D eigenvalue weighted by Gasteiger charge is -1.87. The molecule has 0 aliphatic heterocycles. The van der Waals surface area contributed by atoms with Gasteiger partial charge in [0.2, 0.25) is 0 Å². The molecule has 0 spiro atoms. The summed E-state index contributed by atoms with van der Waals surface area (Å²) >= 11 is 3.34. The smallest absolute Gasteiger partial charge is 0.328 e. The van der Waals surface area contributed by atoms with Gasteiger partial charge in [0.05, 0.1) is 11.0 Å². The number of H-pyrrole nitrogens is 1. The van der Waals surface area contributed by atoms with E-state index in [1.165, 1.54) is 6.08 Å². The highest BCUT2D eigenvalue weighted by atomic mass is 79.9. The fourth-order valence-electron chi connectivity index (χ4n) is 1.23. The maximum absolute atomic E-state index is 10.3. The number of carbonyl (C=O) groups is 1. The third kappa shape index (κ3) is 2.24. The van der Waals surface area contributed by atoms with E-state index < -0.39 is 5.97 Å². The molecule has 76 valence electrons. The van der Waals surface area contributed by atoms with E-state index in [1.54, 1.807) is 0 Å². The van der Waals surface area contributed by atoms with Crippen molar-refractivity contribution in [2.45, 2.75) is 0 Å². The maximum atomic E-state index is 10.3. The van der Waals surface area contributed by atoms with Crippen molar-refractivity contribution in [3.8, 4) is 0 Å². The van der Waals surface area contributed by atoms with Gasteiger partial charge in [0.25, 0.3) is 0 Å². The van der Waals surface area contributed by atoms with Crippen LogP contribution in [0, 0.1) is 0 Å². The molecule has 0 unspecified atom stereocenters. The lowest BCUT2D eigenvalue weighted by atomic mass is 10.3. The second kappa shape index (κ2) is 3.86. The fourth-order valence-corrected chi connectivity index (χ4v) is 1.59. The molecule has 0 fully saturated rings. The van der Waals surface area contributed by atoms with Gasteiger partial charge in [-0.2, -0.15) is 0 Å². The largest absolute Gasteiger partial charge is 0.478 e. The van der Waals surface area contributed by atoms with Gasteiger partial charge in [-0.15, -0.1) is 0 Å². The highest BCUT2D eigenvalue weighted by Crippen LogP contribution is 2.17. The van der Waals surface area contributed by atoms with Gasteiger partial charge in [-0.3, -0.25) is 0 Å². The molecule has 2 N–H and O–H groups in total. The Morgan fingerprint density at radius 2 is 2.33 bits per heavy atom. The van der Waals surface area contributed by atoms with Gasteiger partial charge in [0.1, 0.15) is 5.82 Å². The Hall–Kier alpha value is -1.62. The summed E-state index contributed by atoms with van der Waals surface area (Å²) in [6.45, 7) is 0. The number of aromatic amines is 1. The minimum atomic E-state index is -0.989. The molecular weight excluding hydrogens is 260 g/mol. The van der Waals surface area contributed by atoms with Crippen LogP contribution in [-0.4, -0.2) is 21.0 Å². The summed E-state index contributed by atoms with van der Waals surface area (Å²) in [6, 6.07) is 5.63. The number of carboxylic acid groups (broad SMARTS) is 1. The summed E-state index contributed by atoms with van der Waals surface area (Å²) in [5, 5.41) is 8.46. The molecule has 0 saturated carbocycles. The molecule has 0 aliphatic carbocycles. The van der Waals surface area contributed by atoms with Crippen molar-refractivity contribution in [2.24, 2.45) is 0 Å². The summed E-state index contributed by atoms with van der Waals surface area (Å²) in [5.74, 6) is -0.456. The maximum Gasteiger partial charge on any atom is 0.328 e. The molecule has 0 amide bonds. The van der Waals surface area contributed by atoms with Crippen LogP contribution >= 0.6 is 15.9 Å². The van der Waals surface area contributed by atoms with E-state index in [9.17, 15) is 4.79 Å². The molecule has 0 aliphatic rings. The van der Waals surface area contributed by atoms with E-state index in [0.29, 0.717) is 5.82 Å². The van der Waals surface area contributed by atoms with Crippen LogP contribution in [0.15, 0.2) is 28.7 Å². The molecular formula is C10H7BrN2O2. The molecule has 15 heavy (non-hydrogen) atoms. The Bertz CT molecular complexity index is 545. The minimum Gasteiger partial charge on any atom is -0.478 e. The number of nitrogens with one attached hydrogen (secondary N) is 1. The number of benzene rings is 1. The van der Waals surface area contributed by atoms with Gasteiger partial charge in [0.15, 0.2) is 0 Å². The van der Waals surface area contributed by atoms with Gasteiger partial charge in [0, 0.05) is 10.5 Å². The third-order valence-electron chi connectivity index (χ3n) is 1.85. The zero-order chi connectivity index (χ0) is 10.8. The number of carboxylic acids is 1. The first-order chi connectivity index (χ1) is 7.15. The molecule has 0 bridgehead atoms. The van der Waals surface area contributed by atoms with Crippen LogP contribution in [0.2, 0.25) is 0 Å². The topological polar surface area (TPSA) is 66.0 Å². The first-order valence-electron chi connectivity index (χ1n) is 4.21. The number of hydrogen-bond donors (Lipinski definition) is 2. The van der Waals surface area contributed by atoms with Gasteiger partial charge in [-0.1, -0.05) is 15.9 Å². The van der Waals surface area contributed by atoms with Crippen molar-refractivity contribution < 1.29 is 9.90 Å². The number of nitrogens with zero attached hydrogens (tertiary/aromatic N) is 1. The lowest BCUT2D eigenvalue weighted by Crippen LogP contribution is -1.86. The normalized spacial score (nSPS) is 11.3. The van der Waals surface area contributed by atoms with Crippen LogP contribution in [0.5, 0.6) is 0 Å². The predicted molar refractivity (Wildman–Crippen MR) is 60.5 cm³/mol. The van der Waals surface area contributed by atoms with Crippen LogP contribution in [0.25, 0.3) is 17.1 Å². The Balaban J connectivity index is 2.43. The first kappa shape index (κ1) is 9.92. The number of imidazole rings is 1. The van der Waals surface area contributed by atoms with Crippen LogP contribution in [0.4, 0.5) is 0 Å². The zero-order valence-electron chi connectivity index (χ0n) is 7.57. The van der Waals surface area contributed by atoms with Gasteiger partial charge in [-0.05, 0) is 24.3 Å². The van der Waals surface area contributed by atoms with Crippen molar-refractivity contribution >= 4 is 39.0 Å². The molecule has 2 rings (SSSR count). The Labute approximate surface area is 93.8 Å². The monoisotopic (exact) mass is 266 g/mol. The van der Waals surface area contributed by atoms with E-state index in [-0.39, 0.29) is 0 Å². The second-order valence-corrected chi connectivity index (χ2v) is 3.87. The summed E-state index contributed by atoms with van der Waals surface area (Å²) in [7, 11) is 0. The van der Waals surface area contributed by atoms with E-state index >= 15 is 0 Å². The van der Waals surface area contributed by atoms with Crippen LogP contribution in [0.3, 0.4) is 0 Å². The highest BCUT2D eigenvalue weighted by molar-refractivity contribution is 9.10. The summed E-state index contributed by atoms with van der Waals surface area (Å²) < 4.78 is 0.951. The molecule has 0 atom stereocenters. The zero-order valence-corrected chi connectivity index (χ0v) is 9.15. The van der Waals surface area contributed by atoms with E-state index in [1.807, 2.05) is 18.2 Å². The quantitative estimate of drug-likeness (QED) is 0.821. The van der Waals surface area contributed by atoms with Gasteiger partial charge >= 0.3 is 5.97 Å². The minimum absolute atomic E-state index is 0.533. The first-order valence-corrected chi connectivity index (χ1v) is 5.01. The average Bonchev–Trinajstić information content (AvgIpc) is 2.56. The summed E-state index contributed by atoms with van der Waals surface area (Å²) in [4.78, 5) is 17.5. The van der Waals surface area contributed by atoms with Crippen LogP contribution in [0.1, 0.15) is 5.82 Å². The standard InChI is InChI=1S/C10H7BrN2O2/c11-6-1-2-7-8(5-6)13-9(12-7)3-4-10(14)15/h1-5H,(H,12,13)(H,14,15)/b4-3+. The van der Waals surface area contributed by atoms with E-state index in [4.69, 9.17) is 5.11 Å². The van der Waals surface area contributed by atoms with Crippen molar-refractivity contribution in [2.75, 3.05) is 0 Å². The Morgan fingerprint density at radius 3 is 3.07 bits per heavy atom. The van der Waals surface area contributed by atoms with Gasteiger partial charge < -0.3 is 10.1 Å². The van der Waals surface area contributed by atoms with Crippen LogP contribution < -0.4 is 0 Å². The predicted octanol–water partition coefficient (Wildman–Crippen LogP) is 2.42. The van der Waals surface area contributed by atoms with Crippen molar-refractivity contribution in [3.63, 3.8) is 0 Å². The molecule has 0 radical (unpaired) electrons. The molecule has 2 aromatic rings. The Kier molecular flexibility index (Phi) is 2.55. The van der Waals surface area contributed by atoms with E-state index in [0.717, 1.165) is 21.6 Å². The van der Waals surface area contributed by atoms with Crippen molar-refractivity contribution in [1.82, 2.24) is 9.97 Å². The molecule has 5 heteroatoms. The highest BCUT2D eigenvalue weighted by Gasteiger charge is 2.00. The molecule has 1 aromatic heterocycles. The van der Waals surface area contributed by atoms with Crippen molar-refractivity contribution in [1.29, 1.82) is 0 Å². The number of hydrogen-bond acceptors (Lipinski definition) is 2. The van der Waals surface area contributed by atoms with Gasteiger partial charge in [-0.25, -0.2) is 9.78 Å². The number of rotatable bonds is 2. The van der Waals surface area contributed by atoms with Crippen LogP contribution in [-0.2, 0) is 4.79 Å². The number of fused-ring (bicyclic) bond motifs is 1. The van der Waals surface area contributed by atoms with E-state index in [2.05, 4.69) is 25.9 Å². The molecule has 4 nitrogen and oxygen atoms in total. The third-order valence-corrected chi connectivity index (χ3v) is 2.34. The number of halogens is 1. The summed E-state index contributed by atoms with van der Waals surface area (Å²) in [5.41, 5.74) is 1.68. The molecule has 1 heterocycles. The lowest BCUT2D eigenvalue weighted by molar-refractivity contribution is -0.131. The number of aliphatic carboxylic acids is 1. The second-order valence-electron chi connectivity index (χ2n) is 2.96. The molecule has 0 saturated heterocycles. The molecule has 1 aromatic carbocycles.